The molecule has 0 radical (unpaired) electrons. The summed E-state index contributed by atoms with van der Waals surface area (Å²) >= 11 is 0. The number of nitrogens with two attached hydrogens (primary N) is 2. The van der Waals surface area contributed by atoms with Crippen LogP contribution in [0.25, 0.3) is 0 Å². The van der Waals surface area contributed by atoms with Gasteiger partial charge >= 0.3 is 5.97 Å². The van der Waals surface area contributed by atoms with Crippen molar-refractivity contribution in [3.8, 4) is 0 Å². The number of nitrogens with one attached hydrogen (secondary N) is 3. The quantitative estimate of drug-likeness (QED) is 0.180. The molecule has 4 amide bonds. The highest BCUT2D eigenvalue weighted by Gasteiger charge is 2.34. The minimum Gasteiger partial charge on any atom is -0.480 e. The highest BCUT2D eigenvalue weighted by atomic mass is 16.4. The zero-order valence-electron chi connectivity index (χ0n) is 21.2. The van der Waals surface area contributed by atoms with Crippen molar-refractivity contribution in [1.82, 2.24) is 16.0 Å². The molecule has 196 valence electrons. The summed E-state index contributed by atoms with van der Waals surface area (Å²) in [6, 6.07) is -4.07. The van der Waals surface area contributed by atoms with E-state index in [1.807, 2.05) is 34.6 Å². The third-order valence-corrected chi connectivity index (χ3v) is 6.44. The van der Waals surface area contributed by atoms with Crippen LogP contribution in [0.2, 0.25) is 0 Å². The Hall–Kier alpha value is -2.69. The monoisotopic (exact) mass is 485 g/mol. The molecule has 0 aromatic carbocycles. The molecule has 7 atom stereocenters. The normalized spacial score (nSPS) is 17.3. The highest BCUT2D eigenvalue weighted by molar-refractivity contribution is 5.94. The van der Waals surface area contributed by atoms with Crippen LogP contribution in [-0.2, 0) is 24.0 Å². The second-order valence-corrected chi connectivity index (χ2v) is 9.06. The van der Waals surface area contributed by atoms with Crippen LogP contribution in [0, 0.1) is 17.8 Å². The van der Waals surface area contributed by atoms with Gasteiger partial charge in [-0.15, -0.1) is 0 Å². The smallest absolute Gasteiger partial charge is 0.326 e. The van der Waals surface area contributed by atoms with Crippen molar-refractivity contribution < 1.29 is 29.1 Å². The van der Waals surface area contributed by atoms with Gasteiger partial charge in [-0.25, -0.2) is 4.79 Å². The molecule has 0 saturated carbocycles. The van der Waals surface area contributed by atoms with Crippen molar-refractivity contribution in [3.05, 3.63) is 0 Å². The Kier molecular flexibility index (Phi) is 14.1. The number of rotatable bonds is 16. The number of hydrogen-bond acceptors (Lipinski definition) is 6. The van der Waals surface area contributed by atoms with E-state index in [1.54, 1.807) is 6.92 Å². The summed E-state index contributed by atoms with van der Waals surface area (Å²) in [5.41, 5.74) is 11.1. The van der Waals surface area contributed by atoms with Gasteiger partial charge in [0.15, 0.2) is 0 Å². The summed E-state index contributed by atoms with van der Waals surface area (Å²) in [6.07, 6.45) is 1.43. The third kappa shape index (κ3) is 10.1. The van der Waals surface area contributed by atoms with Crippen LogP contribution in [0.5, 0.6) is 0 Å². The van der Waals surface area contributed by atoms with Gasteiger partial charge in [0.2, 0.25) is 23.6 Å². The molecular weight excluding hydrogens is 442 g/mol. The van der Waals surface area contributed by atoms with E-state index in [0.29, 0.717) is 19.3 Å². The fourth-order valence-corrected chi connectivity index (χ4v) is 3.21. The van der Waals surface area contributed by atoms with Crippen molar-refractivity contribution in [2.75, 3.05) is 0 Å². The fraction of sp³-hybridized carbons (Fsp3) is 0.783. The van der Waals surface area contributed by atoms with Gasteiger partial charge in [0.1, 0.15) is 18.1 Å². The molecule has 7 unspecified atom stereocenters. The molecule has 34 heavy (non-hydrogen) atoms. The van der Waals surface area contributed by atoms with Crippen LogP contribution >= 0.6 is 0 Å². The first kappa shape index (κ1) is 31.3. The maximum atomic E-state index is 13.2. The van der Waals surface area contributed by atoms with Crippen molar-refractivity contribution in [1.29, 1.82) is 0 Å². The predicted molar refractivity (Wildman–Crippen MR) is 128 cm³/mol. The van der Waals surface area contributed by atoms with Gasteiger partial charge in [-0.3, -0.25) is 19.2 Å². The lowest BCUT2D eigenvalue weighted by Gasteiger charge is -2.30. The van der Waals surface area contributed by atoms with Crippen LogP contribution in [0.3, 0.4) is 0 Å². The number of carbonyl (C=O) groups is 5. The molecule has 11 heteroatoms. The molecule has 0 aliphatic rings. The average molecular weight is 486 g/mol. The third-order valence-electron chi connectivity index (χ3n) is 6.44. The molecular formula is C23H43N5O6. The van der Waals surface area contributed by atoms with Crippen LogP contribution in [-0.4, -0.2) is 58.9 Å². The van der Waals surface area contributed by atoms with Crippen molar-refractivity contribution in [3.63, 3.8) is 0 Å². The minimum absolute atomic E-state index is 0.0763. The zero-order valence-corrected chi connectivity index (χ0v) is 21.2. The van der Waals surface area contributed by atoms with Gasteiger partial charge in [-0.2, -0.15) is 0 Å². The molecule has 0 rings (SSSR count). The van der Waals surface area contributed by atoms with Gasteiger partial charge in [-0.05, 0) is 24.2 Å². The van der Waals surface area contributed by atoms with E-state index in [-0.39, 0.29) is 30.6 Å². The van der Waals surface area contributed by atoms with E-state index in [0.717, 1.165) is 0 Å². The maximum absolute atomic E-state index is 13.2. The van der Waals surface area contributed by atoms with E-state index in [2.05, 4.69) is 16.0 Å². The Balaban J connectivity index is 5.64. The number of amides is 4. The number of aliphatic carboxylic acids is 1. The van der Waals surface area contributed by atoms with E-state index in [4.69, 9.17) is 11.5 Å². The number of carboxylic acids is 1. The van der Waals surface area contributed by atoms with Gasteiger partial charge in [0.05, 0.1) is 6.04 Å². The topological polar surface area (TPSA) is 194 Å². The largest absolute Gasteiger partial charge is 0.480 e. The summed E-state index contributed by atoms with van der Waals surface area (Å²) in [5.74, 6) is -4.33. The summed E-state index contributed by atoms with van der Waals surface area (Å²) in [6.45, 7) is 11.0. The molecule has 0 aromatic rings. The zero-order chi connectivity index (χ0) is 26.6. The molecule has 8 N–H and O–H groups in total. The van der Waals surface area contributed by atoms with E-state index >= 15 is 0 Å². The molecule has 0 aliphatic heterocycles. The number of primary amides is 1. The van der Waals surface area contributed by atoms with Crippen LogP contribution < -0.4 is 27.4 Å². The minimum atomic E-state index is -1.33. The molecule has 0 aromatic heterocycles. The summed E-state index contributed by atoms with van der Waals surface area (Å²) in [5, 5.41) is 17.2. The van der Waals surface area contributed by atoms with E-state index in [1.165, 1.54) is 0 Å². The first-order valence-electron chi connectivity index (χ1n) is 12.0. The predicted octanol–water partition coefficient (Wildman–Crippen LogP) is 0.257. The summed E-state index contributed by atoms with van der Waals surface area (Å²) in [4.78, 5) is 61.3. The SMILES string of the molecule is CCC(C)C(N)C(=O)NC(C(=O)NC(C(=O)NC(CCC(N)=O)C(=O)O)C(C)CC)C(C)CC. The fourth-order valence-electron chi connectivity index (χ4n) is 3.21. The lowest BCUT2D eigenvalue weighted by Crippen LogP contribution is -2.60. The average Bonchev–Trinajstić information content (AvgIpc) is 2.80. The van der Waals surface area contributed by atoms with E-state index in [9.17, 15) is 29.1 Å². The van der Waals surface area contributed by atoms with Gasteiger partial charge in [-0.1, -0.05) is 60.8 Å². The summed E-state index contributed by atoms with van der Waals surface area (Å²) in [7, 11) is 0. The molecule has 0 heterocycles. The Morgan fingerprint density at radius 2 is 1.15 bits per heavy atom. The van der Waals surface area contributed by atoms with Crippen molar-refractivity contribution in [2.45, 2.75) is 97.8 Å². The maximum Gasteiger partial charge on any atom is 0.326 e. The van der Waals surface area contributed by atoms with Crippen molar-refractivity contribution in [2.24, 2.45) is 29.2 Å². The Morgan fingerprint density at radius 3 is 1.53 bits per heavy atom. The molecule has 0 spiro atoms. The standard InChI is InChI=1S/C23H43N5O6/c1-7-12(4)17(25)20(30)27-19(14(6)9-3)22(32)28-18(13(5)8-2)21(31)26-15(23(33)34)10-11-16(24)29/h12-15,17-19H,7-11,25H2,1-6H3,(H2,24,29)(H,26,31)(H,27,30)(H,28,32)(H,33,34). The van der Waals surface area contributed by atoms with Gasteiger partial charge in [0.25, 0.3) is 0 Å². The van der Waals surface area contributed by atoms with E-state index < -0.39 is 53.8 Å². The first-order chi connectivity index (χ1) is 15.8. The van der Waals surface area contributed by atoms with Crippen LogP contribution in [0.4, 0.5) is 0 Å². The van der Waals surface area contributed by atoms with Crippen molar-refractivity contribution >= 4 is 29.6 Å². The number of carboxylic acid groups (broad SMARTS) is 1. The number of carbonyl (C=O) groups excluding carboxylic acids is 4. The van der Waals surface area contributed by atoms with Gasteiger partial charge < -0.3 is 32.5 Å². The lowest BCUT2D eigenvalue weighted by molar-refractivity contribution is -0.143. The second-order valence-electron chi connectivity index (χ2n) is 9.06. The Labute approximate surface area is 202 Å². The molecule has 0 saturated heterocycles. The summed E-state index contributed by atoms with van der Waals surface area (Å²) < 4.78 is 0. The van der Waals surface area contributed by atoms with Gasteiger partial charge in [0, 0.05) is 6.42 Å². The number of hydrogen-bond donors (Lipinski definition) is 6. The Bertz CT molecular complexity index is 716. The highest BCUT2D eigenvalue weighted by Crippen LogP contribution is 2.14. The molecule has 0 fully saturated rings. The Morgan fingerprint density at radius 1 is 0.735 bits per heavy atom. The first-order valence-corrected chi connectivity index (χ1v) is 12.0. The van der Waals surface area contributed by atoms with Crippen LogP contribution in [0.1, 0.15) is 73.6 Å². The molecule has 11 nitrogen and oxygen atoms in total. The van der Waals surface area contributed by atoms with Crippen LogP contribution in [0.15, 0.2) is 0 Å². The molecule has 0 bridgehead atoms. The molecule has 0 aliphatic carbocycles. The second kappa shape index (κ2) is 15.3. The lowest BCUT2D eigenvalue weighted by atomic mass is 9.93.